The molecule has 2 aromatic heterocycles. The van der Waals surface area contributed by atoms with Gasteiger partial charge in [0, 0.05) is 25.2 Å². The fraction of sp³-hybridized carbons (Fsp3) is 0.429. The van der Waals surface area contributed by atoms with Gasteiger partial charge in [0.1, 0.15) is 17.8 Å². The van der Waals surface area contributed by atoms with Crippen molar-refractivity contribution >= 4 is 23.4 Å². The number of hydrogen-bond donors (Lipinski definition) is 1. The number of hydrogen-bond acceptors (Lipinski definition) is 6. The second-order valence-corrected chi connectivity index (χ2v) is 5.83. The van der Waals surface area contributed by atoms with Gasteiger partial charge < -0.3 is 10.2 Å². The zero-order valence-electron chi connectivity index (χ0n) is 12.5. The van der Waals surface area contributed by atoms with Gasteiger partial charge in [0.05, 0.1) is 17.4 Å². The van der Waals surface area contributed by atoms with Crippen LogP contribution < -0.4 is 10.2 Å². The molecule has 1 aliphatic rings. The normalized spacial score (nSPS) is 16.2. The minimum atomic E-state index is -4.47. The number of piperidine rings is 1. The highest BCUT2D eigenvalue weighted by molar-refractivity contribution is 6.30. The molecular weight excluding hydrogens is 345 g/mol. The van der Waals surface area contributed by atoms with Gasteiger partial charge in [0.2, 0.25) is 5.95 Å². The van der Waals surface area contributed by atoms with E-state index in [1.807, 2.05) is 4.90 Å². The maximum atomic E-state index is 12.7. The molecular formula is C14H14ClF3N6. The molecule has 0 saturated carbocycles. The van der Waals surface area contributed by atoms with Gasteiger partial charge in [-0.05, 0) is 12.8 Å². The van der Waals surface area contributed by atoms with Crippen LogP contribution in [0, 0.1) is 0 Å². The van der Waals surface area contributed by atoms with Crippen molar-refractivity contribution in [3.63, 3.8) is 0 Å². The Morgan fingerprint density at radius 1 is 1.08 bits per heavy atom. The molecule has 1 N–H and O–H groups in total. The molecule has 6 nitrogen and oxygen atoms in total. The predicted octanol–water partition coefficient (Wildman–Crippen LogP) is 3.02. The largest absolute Gasteiger partial charge is 0.433 e. The Labute approximate surface area is 141 Å². The first-order valence-electron chi connectivity index (χ1n) is 7.30. The molecule has 3 rings (SSSR count). The Hall–Kier alpha value is -2.16. The third-order valence-corrected chi connectivity index (χ3v) is 3.91. The van der Waals surface area contributed by atoms with Crippen molar-refractivity contribution in [2.24, 2.45) is 0 Å². The molecule has 0 aromatic carbocycles. The topological polar surface area (TPSA) is 66.8 Å². The number of rotatable bonds is 3. The second-order valence-electron chi connectivity index (χ2n) is 5.39. The van der Waals surface area contributed by atoms with Crippen molar-refractivity contribution < 1.29 is 13.2 Å². The molecule has 0 atom stereocenters. The Morgan fingerprint density at radius 3 is 2.38 bits per heavy atom. The summed E-state index contributed by atoms with van der Waals surface area (Å²) in [5, 5.41) is 3.65. The molecule has 0 bridgehead atoms. The molecule has 128 valence electrons. The Bertz CT molecular complexity index is 686. The molecule has 2 aromatic rings. The smallest absolute Gasteiger partial charge is 0.356 e. The van der Waals surface area contributed by atoms with Crippen LogP contribution in [0.5, 0.6) is 0 Å². The van der Waals surface area contributed by atoms with Crippen molar-refractivity contribution in [3.8, 4) is 0 Å². The van der Waals surface area contributed by atoms with Crippen LogP contribution in [0.3, 0.4) is 0 Å². The third-order valence-electron chi connectivity index (χ3n) is 3.72. The van der Waals surface area contributed by atoms with Gasteiger partial charge in [-0.25, -0.2) is 19.9 Å². The molecule has 1 fully saturated rings. The van der Waals surface area contributed by atoms with Gasteiger partial charge in [-0.1, -0.05) is 11.6 Å². The highest BCUT2D eigenvalue weighted by Crippen LogP contribution is 2.29. The average molecular weight is 359 g/mol. The van der Waals surface area contributed by atoms with Crippen molar-refractivity contribution in [1.82, 2.24) is 19.9 Å². The van der Waals surface area contributed by atoms with Gasteiger partial charge in [0.15, 0.2) is 0 Å². The molecule has 0 amide bonds. The summed E-state index contributed by atoms with van der Waals surface area (Å²) in [6, 6.07) is 1.13. The van der Waals surface area contributed by atoms with Crippen molar-refractivity contribution in [2.45, 2.75) is 25.1 Å². The van der Waals surface area contributed by atoms with E-state index in [9.17, 15) is 13.2 Å². The molecule has 24 heavy (non-hydrogen) atoms. The van der Waals surface area contributed by atoms with Gasteiger partial charge in [0.25, 0.3) is 0 Å². The second kappa shape index (κ2) is 6.76. The summed E-state index contributed by atoms with van der Waals surface area (Å²) in [5.41, 5.74) is -0.928. The zero-order valence-corrected chi connectivity index (χ0v) is 13.2. The molecule has 1 aliphatic heterocycles. The first kappa shape index (κ1) is 16.7. The fourth-order valence-electron chi connectivity index (χ4n) is 2.50. The van der Waals surface area contributed by atoms with Gasteiger partial charge >= 0.3 is 6.18 Å². The van der Waals surface area contributed by atoms with Crippen LogP contribution in [0.2, 0.25) is 5.02 Å². The fourth-order valence-corrected chi connectivity index (χ4v) is 2.59. The van der Waals surface area contributed by atoms with E-state index in [0.29, 0.717) is 29.9 Å². The summed E-state index contributed by atoms with van der Waals surface area (Å²) in [5.74, 6) is 0.776. The van der Waals surface area contributed by atoms with E-state index in [1.54, 1.807) is 0 Å². The lowest BCUT2D eigenvalue weighted by molar-refractivity contribution is -0.141. The van der Waals surface area contributed by atoms with Gasteiger partial charge in [-0.15, -0.1) is 0 Å². The lowest BCUT2D eigenvalue weighted by Crippen LogP contribution is -2.40. The van der Waals surface area contributed by atoms with E-state index in [0.717, 1.165) is 25.2 Å². The number of nitrogens with one attached hydrogen (secondary N) is 1. The summed E-state index contributed by atoms with van der Waals surface area (Å²) in [4.78, 5) is 17.2. The SMILES string of the molecule is FC(F)(F)c1cc(N2CCC(Nc3ncc(Cl)cn3)CC2)ncn1. The maximum Gasteiger partial charge on any atom is 0.433 e. The summed E-state index contributed by atoms with van der Waals surface area (Å²) < 4.78 is 38.2. The minimum absolute atomic E-state index is 0.145. The molecule has 3 heterocycles. The van der Waals surface area contributed by atoms with Crippen LogP contribution in [0.25, 0.3) is 0 Å². The first-order chi connectivity index (χ1) is 11.4. The van der Waals surface area contributed by atoms with E-state index in [-0.39, 0.29) is 6.04 Å². The summed E-state index contributed by atoms with van der Waals surface area (Å²) in [7, 11) is 0. The molecule has 0 spiro atoms. The molecule has 1 saturated heterocycles. The van der Waals surface area contributed by atoms with Crippen LogP contribution in [0.4, 0.5) is 24.9 Å². The Kier molecular flexibility index (Phi) is 4.70. The number of aromatic nitrogens is 4. The lowest BCUT2D eigenvalue weighted by Gasteiger charge is -2.33. The van der Waals surface area contributed by atoms with E-state index in [1.165, 1.54) is 12.4 Å². The monoisotopic (exact) mass is 358 g/mol. The van der Waals surface area contributed by atoms with E-state index in [4.69, 9.17) is 11.6 Å². The van der Waals surface area contributed by atoms with Gasteiger partial charge in [-0.2, -0.15) is 13.2 Å². The zero-order chi connectivity index (χ0) is 17.2. The summed E-state index contributed by atoms with van der Waals surface area (Å²) in [6.07, 6.45) is 0.958. The van der Waals surface area contributed by atoms with Crippen molar-refractivity contribution in [2.75, 3.05) is 23.3 Å². The predicted molar refractivity (Wildman–Crippen MR) is 82.9 cm³/mol. The van der Waals surface area contributed by atoms with Crippen LogP contribution in [0.15, 0.2) is 24.8 Å². The molecule has 10 heteroatoms. The molecule has 0 radical (unpaired) electrons. The van der Waals surface area contributed by atoms with Crippen LogP contribution in [-0.4, -0.2) is 39.1 Å². The number of halogens is 4. The number of nitrogens with zero attached hydrogens (tertiary/aromatic N) is 5. The Morgan fingerprint density at radius 2 is 1.75 bits per heavy atom. The maximum absolute atomic E-state index is 12.7. The van der Waals surface area contributed by atoms with Crippen LogP contribution in [0.1, 0.15) is 18.5 Å². The van der Waals surface area contributed by atoms with Crippen LogP contribution >= 0.6 is 11.6 Å². The first-order valence-corrected chi connectivity index (χ1v) is 7.68. The molecule has 0 unspecified atom stereocenters. The standard InChI is InChI=1S/C14H14ClF3N6/c15-9-6-19-13(20-7-9)23-10-1-3-24(4-2-10)12-5-11(14(16,17)18)21-8-22-12/h5-8,10H,1-4H2,(H,19,20,23). The van der Waals surface area contributed by atoms with E-state index in [2.05, 4.69) is 25.3 Å². The quantitative estimate of drug-likeness (QED) is 0.909. The van der Waals surface area contributed by atoms with Crippen molar-refractivity contribution in [1.29, 1.82) is 0 Å². The van der Waals surface area contributed by atoms with Gasteiger partial charge in [-0.3, -0.25) is 0 Å². The third kappa shape index (κ3) is 4.02. The highest BCUT2D eigenvalue weighted by Gasteiger charge is 2.33. The highest BCUT2D eigenvalue weighted by atomic mass is 35.5. The molecule has 0 aliphatic carbocycles. The Balaban J connectivity index is 1.60. The lowest BCUT2D eigenvalue weighted by atomic mass is 10.1. The van der Waals surface area contributed by atoms with E-state index >= 15 is 0 Å². The summed E-state index contributed by atoms with van der Waals surface area (Å²) >= 11 is 5.73. The average Bonchev–Trinajstić information content (AvgIpc) is 2.57. The van der Waals surface area contributed by atoms with E-state index < -0.39 is 11.9 Å². The summed E-state index contributed by atoms with van der Waals surface area (Å²) in [6.45, 7) is 1.17. The number of anilines is 2. The minimum Gasteiger partial charge on any atom is -0.356 e. The van der Waals surface area contributed by atoms with Crippen molar-refractivity contribution in [3.05, 3.63) is 35.5 Å². The number of alkyl halides is 3. The van der Waals surface area contributed by atoms with Crippen LogP contribution in [-0.2, 0) is 6.18 Å².